The van der Waals surface area contributed by atoms with Gasteiger partial charge in [0.1, 0.15) is 11.5 Å². The molecule has 0 aliphatic rings. The fourth-order valence-corrected chi connectivity index (χ4v) is 2.57. The van der Waals surface area contributed by atoms with Crippen LogP contribution < -0.4 is 9.47 Å². The van der Waals surface area contributed by atoms with Gasteiger partial charge < -0.3 is 9.47 Å². The van der Waals surface area contributed by atoms with Crippen molar-refractivity contribution < 1.29 is 14.3 Å². The molecule has 4 nitrogen and oxygen atoms in total. The highest BCUT2D eigenvalue weighted by molar-refractivity contribution is 5.91. The molecule has 0 saturated carbocycles. The Morgan fingerprint density at radius 1 is 1.00 bits per heavy atom. The Labute approximate surface area is 155 Å². The summed E-state index contributed by atoms with van der Waals surface area (Å²) in [6.45, 7) is 11.2. The van der Waals surface area contributed by atoms with E-state index in [0.717, 1.165) is 12.2 Å². The van der Waals surface area contributed by atoms with Gasteiger partial charge in [0.2, 0.25) is 0 Å². The second-order valence-electron chi connectivity index (χ2n) is 6.30. The number of unbranched alkanes of at least 4 members (excludes halogenated alkanes) is 3. The lowest BCUT2D eigenvalue weighted by Gasteiger charge is -2.15. The lowest BCUT2D eigenvalue weighted by Crippen LogP contribution is -2.11. The highest BCUT2D eigenvalue weighted by Crippen LogP contribution is 2.21. The van der Waals surface area contributed by atoms with Crippen LogP contribution in [0.5, 0.6) is 11.5 Å². The largest absolute Gasteiger partial charge is 0.491 e. The summed E-state index contributed by atoms with van der Waals surface area (Å²) in [7, 11) is 0. The SMILES string of the molecule is [C-]#[N+]c1ccc(C(=O)Oc2ccc(O[C@H](C)CCCCCC)cc2)cc1. The Hall–Kier alpha value is -2.80. The molecule has 4 heteroatoms. The molecule has 0 fully saturated rings. The molecule has 0 unspecified atom stereocenters. The van der Waals surface area contributed by atoms with Crippen LogP contribution in [0.25, 0.3) is 4.85 Å². The van der Waals surface area contributed by atoms with Crippen LogP contribution in [-0.4, -0.2) is 12.1 Å². The fraction of sp³-hybridized carbons (Fsp3) is 0.364. The van der Waals surface area contributed by atoms with Crippen LogP contribution in [-0.2, 0) is 0 Å². The van der Waals surface area contributed by atoms with E-state index in [4.69, 9.17) is 16.0 Å². The molecule has 0 spiro atoms. The third kappa shape index (κ3) is 6.25. The summed E-state index contributed by atoms with van der Waals surface area (Å²) in [6, 6.07) is 13.5. The van der Waals surface area contributed by atoms with E-state index in [1.165, 1.54) is 25.7 Å². The number of carbonyl (C=O) groups excluding carboxylic acids is 1. The molecule has 2 rings (SSSR count). The molecule has 0 aromatic heterocycles. The van der Waals surface area contributed by atoms with Gasteiger partial charge in [-0.2, -0.15) is 0 Å². The van der Waals surface area contributed by atoms with Crippen LogP contribution >= 0.6 is 0 Å². The number of rotatable bonds is 9. The molecule has 0 bridgehead atoms. The number of benzene rings is 2. The molecule has 0 amide bonds. The summed E-state index contributed by atoms with van der Waals surface area (Å²) < 4.78 is 11.2. The van der Waals surface area contributed by atoms with E-state index in [1.807, 2.05) is 12.1 Å². The van der Waals surface area contributed by atoms with E-state index in [0.29, 0.717) is 17.0 Å². The van der Waals surface area contributed by atoms with Crippen molar-refractivity contribution in [2.45, 2.75) is 52.1 Å². The monoisotopic (exact) mass is 351 g/mol. The van der Waals surface area contributed by atoms with Gasteiger partial charge in [0, 0.05) is 0 Å². The van der Waals surface area contributed by atoms with Gasteiger partial charge in [-0.3, -0.25) is 0 Å². The van der Waals surface area contributed by atoms with E-state index in [-0.39, 0.29) is 6.10 Å². The first-order valence-electron chi connectivity index (χ1n) is 9.08. The standard InChI is InChI=1S/C22H25NO3/c1-4-5-6-7-8-17(2)25-20-13-15-21(16-14-20)26-22(24)18-9-11-19(23-3)12-10-18/h9-17H,4-8H2,1-2H3/t17-/m1/s1. The summed E-state index contributed by atoms with van der Waals surface area (Å²) in [4.78, 5) is 15.4. The summed E-state index contributed by atoms with van der Waals surface area (Å²) in [5, 5.41) is 0. The lowest BCUT2D eigenvalue weighted by atomic mass is 10.1. The van der Waals surface area contributed by atoms with Gasteiger partial charge in [-0.15, -0.1) is 0 Å². The maximum atomic E-state index is 12.1. The van der Waals surface area contributed by atoms with Crippen LogP contribution in [0, 0.1) is 6.57 Å². The molecule has 0 radical (unpaired) electrons. The van der Waals surface area contributed by atoms with E-state index in [1.54, 1.807) is 36.4 Å². The zero-order chi connectivity index (χ0) is 18.8. The van der Waals surface area contributed by atoms with Crippen molar-refractivity contribution >= 4 is 11.7 Å². The molecule has 0 saturated heterocycles. The van der Waals surface area contributed by atoms with Crippen molar-refractivity contribution in [2.24, 2.45) is 0 Å². The molecular weight excluding hydrogens is 326 g/mol. The fourth-order valence-electron chi connectivity index (χ4n) is 2.57. The predicted molar refractivity (Wildman–Crippen MR) is 103 cm³/mol. The first kappa shape index (κ1) is 19.5. The minimum Gasteiger partial charge on any atom is -0.491 e. The second-order valence-corrected chi connectivity index (χ2v) is 6.30. The average Bonchev–Trinajstić information content (AvgIpc) is 2.67. The minimum absolute atomic E-state index is 0.168. The van der Waals surface area contributed by atoms with E-state index < -0.39 is 5.97 Å². The highest BCUT2D eigenvalue weighted by atomic mass is 16.5. The third-order valence-corrected chi connectivity index (χ3v) is 4.07. The number of esters is 1. The first-order valence-corrected chi connectivity index (χ1v) is 9.08. The number of carbonyl (C=O) groups is 1. The molecule has 1 atom stereocenters. The summed E-state index contributed by atoms with van der Waals surface area (Å²) in [6.07, 6.45) is 6.14. The molecular formula is C22H25NO3. The molecule has 0 N–H and O–H groups in total. The van der Waals surface area contributed by atoms with Crippen molar-refractivity contribution in [3.05, 3.63) is 65.5 Å². The van der Waals surface area contributed by atoms with Crippen LogP contribution in [0.1, 0.15) is 56.3 Å². The lowest BCUT2D eigenvalue weighted by molar-refractivity contribution is 0.0734. The molecule has 0 heterocycles. The van der Waals surface area contributed by atoms with Gasteiger partial charge >= 0.3 is 5.97 Å². The maximum absolute atomic E-state index is 12.1. The Morgan fingerprint density at radius 2 is 1.65 bits per heavy atom. The van der Waals surface area contributed by atoms with Crippen molar-refractivity contribution in [2.75, 3.05) is 0 Å². The van der Waals surface area contributed by atoms with Gasteiger partial charge in [0.25, 0.3) is 0 Å². The first-order chi connectivity index (χ1) is 12.6. The average molecular weight is 351 g/mol. The van der Waals surface area contributed by atoms with Crippen molar-refractivity contribution in [3.8, 4) is 11.5 Å². The second kappa shape index (κ2) is 10.2. The van der Waals surface area contributed by atoms with Crippen molar-refractivity contribution in [1.82, 2.24) is 0 Å². The maximum Gasteiger partial charge on any atom is 0.343 e. The van der Waals surface area contributed by atoms with Gasteiger partial charge in [-0.25, -0.2) is 9.64 Å². The van der Waals surface area contributed by atoms with Crippen molar-refractivity contribution in [1.29, 1.82) is 0 Å². The quantitative estimate of drug-likeness (QED) is 0.234. The Bertz CT molecular complexity index is 729. The molecule has 0 aliphatic carbocycles. The van der Waals surface area contributed by atoms with Gasteiger partial charge in [0.15, 0.2) is 5.69 Å². The Kier molecular flexibility index (Phi) is 7.70. The zero-order valence-corrected chi connectivity index (χ0v) is 15.4. The minimum atomic E-state index is -0.445. The number of ether oxygens (including phenoxy) is 2. The van der Waals surface area contributed by atoms with E-state index in [2.05, 4.69) is 18.7 Å². The molecule has 2 aromatic carbocycles. The summed E-state index contributed by atoms with van der Waals surface area (Å²) >= 11 is 0. The van der Waals surface area contributed by atoms with Gasteiger partial charge in [-0.05, 0) is 44.0 Å². The smallest absolute Gasteiger partial charge is 0.343 e. The third-order valence-electron chi connectivity index (χ3n) is 4.07. The number of hydrogen-bond acceptors (Lipinski definition) is 3. The van der Waals surface area contributed by atoms with Crippen LogP contribution in [0.15, 0.2) is 48.5 Å². The van der Waals surface area contributed by atoms with E-state index in [9.17, 15) is 4.79 Å². The normalized spacial score (nSPS) is 11.4. The highest BCUT2D eigenvalue weighted by Gasteiger charge is 2.09. The molecule has 136 valence electrons. The van der Waals surface area contributed by atoms with E-state index >= 15 is 0 Å². The predicted octanol–water partition coefficient (Wildman–Crippen LogP) is 6.19. The molecule has 0 aliphatic heterocycles. The molecule has 26 heavy (non-hydrogen) atoms. The van der Waals surface area contributed by atoms with Gasteiger partial charge in [-0.1, -0.05) is 50.5 Å². The topological polar surface area (TPSA) is 39.9 Å². The number of nitrogens with zero attached hydrogens (tertiary/aromatic N) is 1. The Morgan fingerprint density at radius 3 is 2.27 bits per heavy atom. The Balaban J connectivity index is 1.84. The van der Waals surface area contributed by atoms with Crippen LogP contribution in [0.3, 0.4) is 0 Å². The summed E-state index contributed by atoms with van der Waals surface area (Å²) in [5.41, 5.74) is 0.908. The van der Waals surface area contributed by atoms with Gasteiger partial charge in [0.05, 0.1) is 18.2 Å². The van der Waals surface area contributed by atoms with Crippen LogP contribution in [0.2, 0.25) is 0 Å². The molecule has 2 aromatic rings. The van der Waals surface area contributed by atoms with Crippen molar-refractivity contribution in [3.63, 3.8) is 0 Å². The van der Waals surface area contributed by atoms with Crippen LogP contribution in [0.4, 0.5) is 5.69 Å². The number of hydrogen-bond donors (Lipinski definition) is 0. The summed E-state index contributed by atoms with van der Waals surface area (Å²) in [5.74, 6) is 0.792. The zero-order valence-electron chi connectivity index (χ0n) is 15.4.